The monoisotopic (exact) mass is 396 g/mol. The van der Waals surface area contributed by atoms with Crippen molar-refractivity contribution in [1.82, 2.24) is 4.90 Å². The van der Waals surface area contributed by atoms with E-state index in [0.29, 0.717) is 18.7 Å². The number of hydrogen-bond acceptors (Lipinski definition) is 3. The van der Waals surface area contributed by atoms with Crippen LogP contribution in [0, 0.1) is 11.7 Å². The standard InChI is InChI=1S/C20H20F4N2O2/c1-12(13-2-6-15(21)7-3-13)26-10-17(18(11-26)19(25)27)14-4-8-16(9-5-14)28-20(22,23)24/h2-9,12,17-18H,10-11H2,1H3,(H2,25,27). The Morgan fingerprint density at radius 1 is 1.11 bits per heavy atom. The van der Waals surface area contributed by atoms with E-state index in [4.69, 9.17) is 5.73 Å². The third kappa shape index (κ3) is 4.62. The van der Waals surface area contributed by atoms with Gasteiger partial charge in [-0.05, 0) is 42.3 Å². The van der Waals surface area contributed by atoms with Crippen molar-refractivity contribution in [2.45, 2.75) is 25.2 Å². The van der Waals surface area contributed by atoms with Crippen LogP contribution in [0.5, 0.6) is 5.75 Å². The Labute approximate surface area is 159 Å². The van der Waals surface area contributed by atoms with Crippen molar-refractivity contribution in [3.63, 3.8) is 0 Å². The first-order chi connectivity index (χ1) is 13.1. The summed E-state index contributed by atoms with van der Waals surface area (Å²) in [7, 11) is 0. The topological polar surface area (TPSA) is 55.6 Å². The summed E-state index contributed by atoms with van der Waals surface area (Å²) in [4.78, 5) is 14.0. The fourth-order valence-corrected chi connectivity index (χ4v) is 3.65. The number of hydrogen-bond donors (Lipinski definition) is 1. The van der Waals surface area contributed by atoms with Crippen LogP contribution in [0.4, 0.5) is 17.6 Å². The Balaban J connectivity index is 1.78. The first-order valence-electron chi connectivity index (χ1n) is 8.78. The van der Waals surface area contributed by atoms with Crippen molar-refractivity contribution in [2.24, 2.45) is 11.7 Å². The van der Waals surface area contributed by atoms with E-state index >= 15 is 0 Å². The number of carbonyl (C=O) groups excluding carboxylic acids is 1. The van der Waals surface area contributed by atoms with Crippen molar-refractivity contribution in [1.29, 1.82) is 0 Å². The molecule has 2 aromatic rings. The van der Waals surface area contributed by atoms with Crippen LogP contribution in [-0.2, 0) is 4.79 Å². The van der Waals surface area contributed by atoms with Gasteiger partial charge in [0.2, 0.25) is 5.91 Å². The maximum absolute atomic E-state index is 13.2. The van der Waals surface area contributed by atoms with Gasteiger partial charge in [-0.15, -0.1) is 13.2 Å². The molecule has 3 rings (SSSR count). The Bertz CT molecular complexity index is 822. The van der Waals surface area contributed by atoms with Crippen molar-refractivity contribution in [3.05, 3.63) is 65.5 Å². The smallest absolute Gasteiger partial charge is 0.406 e. The third-order valence-corrected chi connectivity index (χ3v) is 5.16. The number of nitrogens with two attached hydrogens (primary N) is 1. The molecule has 2 aromatic carbocycles. The minimum Gasteiger partial charge on any atom is -0.406 e. The maximum Gasteiger partial charge on any atom is 0.573 e. The SMILES string of the molecule is CC(c1ccc(F)cc1)N1CC(C(N)=O)C(c2ccc(OC(F)(F)F)cc2)C1. The fraction of sp³-hybridized carbons (Fsp3) is 0.350. The van der Waals surface area contributed by atoms with Crippen molar-refractivity contribution in [2.75, 3.05) is 13.1 Å². The van der Waals surface area contributed by atoms with Gasteiger partial charge in [0.05, 0.1) is 5.92 Å². The molecule has 0 aromatic heterocycles. The van der Waals surface area contributed by atoms with Crippen molar-refractivity contribution >= 4 is 5.91 Å². The molecular formula is C20H20F4N2O2. The Morgan fingerprint density at radius 3 is 2.25 bits per heavy atom. The second kappa shape index (κ2) is 7.79. The molecule has 2 N–H and O–H groups in total. The lowest BCUT2D eigenvalue weighted by Gasteiger charge is -2.24. The fourth-order valence-electron chi connectivity index (χ4n) is 3.65. The lowest BCUT2D eigenvalue weighted by Crippen LogP contribution is -2.30. The summed E-state index contributed by atoms with van der Waals surface area (Å²) in [6, 6.07) is 11.6. The van der Waals surface area contributed by atoms with Crippen LogP contribution in [0.1, 0.15) is 30.0 Å². The van der Waals surface area contributed by atoms with E-state index in [2.05, 4.69) is 9.64 Å². The molecule has 1 fully saturated rings. The highest BCUT2D eigenvalue weighted by Gasteiger charge is 2.39. The summed E-state index contributed by atoms with van der Waals surface area (Å²) in [5, 5.41) is 0. The molecule has 1 aliphatic heterocycles. The summed E-state index contributed by atoms with van der Waals surface area (Å²) in [6.45, 7) is 2.87. The van der Waals surface area contributed by atoms with E-state index in [-0.39, 0.29) is 23.5 Å². The summed E-state index contributed by atoms with van der Waals surface area (Å²) in [6.07, 6.45) is -4.76. The quantitative estimate of drug-likeness (QED) is 0.778. The Kier molecular flexibility index (Phi) is 5.60. The van der Waals surface area contributed by atoms with Gasteiger partial charge >= 0.3 is 6.36 Å². The Morgan fingerprint density at radius 2 is 1.71 bits per heavy atom. The highest BCUT2D eigenvalue weighted by Crippen LogP contribution is 2.38. The first kappa shape index (κ1) is 20.1. The summed E-state index contributed by atoms with van der Waals surface area (Å²) in [5.41, 5.74) is 7.19. The minimum atomic E-state index is -4.76. The molecule has 150 valence electrons. The number of primary amides is 1. The van der Waals surface area contributed by atoms with Gasteiger partial charge in [-0.25, -0.2) is 4.39 Å². The Hall–Kier alpha value is -2.61. The number of ether oxygens (including phenoxy) is 1. The molecule has 0 spiro atoms. The molecule has 4 nitrogen and oxygen atoms in total. The van der Waals surface area contributed by atoms with E-state index < -0.39 is 18.2 Å². The normalized spacial score (nSPS) is 21.5. The number of nitrogens with zero attached hydrogens (tertiary/aromatic N) is 1. The van der Waals surface area contributed by atoms with Gasteiger partial charge < -0.3 is 10.5 Å². The van der Waals surface area contributed by atoms with Gasteiger partial charge in [0.25, 0.3) is 0 Å². The average molecular weight is 396 g/mol. The molecule has 1 aliphatic rings. The maximum atomic E-state index is 13.2. The highest BCUT2D eigenvalue weighted by molar-refractivity contribution is 5.78. The van der Waals surface area contributed by atoms with Crippen LogP contribution in [0.25, 0.3) is 0 Å². The summed E-state index contributed by atoms with van der Waals surface area (Å²) in [5.74, 6) is -1.83. The lowest BCUT2D eigenvalue weighted by atomic mass is 9.88. The predicted molar refractivity (Wildman–Crippen MR) is 94.9 cm³/mol. The van der Waals surface area contributed by atoms with Crippen LogP contribution in [0.2, 0.25) is 0 Å². The molecule has 1 saturated heterocycles. The van der Waals surface area contributed by atoms with E-state index in [9.17, 15) is 22.4 Å². The molecule has 1 heterocycles. The van der Waals surface area contributed by atoms with E-state index in [0.717, 1.165) is 5.56 Å². The van der Waals surface area contributed by atoms with E-state index in [1.807, 2.05) is 6.92 Å². The molecule has 0 saturated carbocycles. The third-order valence-electron chi connectivity index (χ3n) is 5.16. The van der Waals surface area contributed by atoms with E-state index in [1.165, 1.54) is 36.4 Å². The van der Waals surface area contributed by atoms with Crippen LogP contribution in [0.3, 0.4) is 0 Å². The van der Waals surface area contributed by atoms with E-state index in [1.54, 1.807) is 12.1 Å². The van der Waals surface area contributed by atoms with Gasteiger partial charge in [0.1, 0.15) is 11.6 Å². The molecular weight excluding hydrogens is 376 g/mol. The van der Waals surface area contributed by atoms with Gasteiger partial charge in [-0.2, -0.15) is 0 Å². The molecule has 0 aliphatic carbocycles. The first-order valence-corrected chi connectivity index (χ1v) is 8.78. The number of likely N-dealkylation sites (tertiary alicyclic amines) is 1. The molecule has 3 unspecified atom stereocenters. The zero-order valence-corrected chi connectivity index (χ0v) is 15.1. The average Bonchev–Trinajstić information content (AvgIpc) is 3.07. The number of alkyl halides is 3. The number of halogens is 4. The number of carbonyl (C=O) groups is 1. The van der Waals surface area contributed by atoms with Crippen molar-refractivity contribution in [3.8, 4) is 5.75 Å². The predicted octanol–water partition coefficient (Wildman–Crippen LogP) is 3.99. The van der Waals surface area contributed by atoms with Gasteiger partial charge in [-0.3, -0.25) is 9.69 Å². The molecule has 28 heavy (non-hydrogen) atoms. The largest absolute Gasteiger partial charge is 0.573 e. The summed E-state index contributed by atoms with van der Waals surface area (Å²) >= 11 is 0. The summed E-state index contributed by atoms with van der Waals surface area (Å²) < 4.78 is 54.0. The van der Waals surface area contributed by atoms with Crippen LogP contribution >= 0.6 is 0 Å². The second-order valence-corrected chi connectivity index (χ2v) is 6.91. The second-order valence-electron chi connectivity index (χ2n) is 6.91. The lowest BCUT2D eigenvalue weighted by molar-refractivity contribution is -0.274. The van der Waals surface area contributed by atoms with Gasteiger partial charge in [0, 0.05) is 25.0 Å². The minimum absolute atomic E-state index is 0.0692. The molecule has 3 atom stereocenters. The van der Waals surface area contributed by atoms with Gasteiger partial charge in [-0.1, -0.05) is 24.3 Å². The van der Waals surface area contributed by atoms with Crippen LogP contribution < -0.4 is 10.5 Å². The number of rotatable bonds is 5. The molecule has 0 radical (unpaired) electrons. The van der Waals surface area contributed by atoms with Gasteiger partial charge in [0.15, 0.2) is 0 Å². The highest BCUT2D eigenvalue weighted by atomic mass is 19.4. The van der Waals surface area contributed by atoms with Crippen LogP contribution in [0.15, 0.2) is 48.5 Å². The van der Waals surface area contributed by atoms with Crippen LogP contribution in [-0.4, -0.2) is 30.3 Å². The molecule has 1 amide bonds. The number of amides is 1. The zero-order valence-electron chi connectivity index (χ0n) is 15.1. The number of benzene rings is 2. The van der Waals surface area contributed by atoms with Crippen molar-refractivity contribution < 1.29 is 27.1 Å². The zero-order chi connectivity index (χ0) is 20.5. The molecule has 0 bridgehead atoms. The molecule has 8 heteroatoms.